The molecule has 0 aliphatic carbocycles. The van der Waals surface area contributed by atoms with Gasteiger partial charge in [-0.1, -0.05) is 20.3 Å². The van der Waals surface area contributed by atoms with Gasteiger partial charge in [0.05, 0.1) is 18.5 Å². The van der Waals surface area contributed by atoms with Crippen LogP contribution < -0.4 is 10.1 Å². The van der Waals surface area contributed by atoms with E-state index in [1.807, 2.05) is 13.0 Å². The normalized spacial score (nSPS) is 10.0. The Bertz CT molecular complexity index is 336. The van der Waals surface area contributed by atoms with E-state index in [9.17, 15) is 4.79 Å². The Balaban J connectivity index is 2.41. The molecule has 1 heterocycles. The van der Waals surface area contributed by atoms with E-state index in [0.29, 0.717) is 24.6 Å². The third-order valence-corrected chi connectivity index (χ3v) is 2.24. The minimum atomic E-state index is 0.0222. The summed E-state index contributed by atoms with van der Waals surface area (Å²) in [5.41, 5.74) is 0.714. The molecule has 0 fully saturated rings. The van der Waals surface area contributed by atoms with Crippen molar-refractivity contribution in [2.45, 2.75) is 39.5 Å². The fourth-order valence-corrected chi connectivity index (χ4v) is 1.31. The molecule has 0 atom stereocenters. The van der Waals surface area contributed by atoms with Crippen LogP contribution in [-0.4, -0.2) is 17.5 Å². The molecule has 1 aromatic heterocycles. The topological polar surface area (TPSA) is 51.2 Å². The number of amides is 1. The van der Waals surface area contributed by atoms with Gasteiger partial charge in [-0.05, 0) is 18.9 Å². The first kappa shape index (κ1) is 13.5. The maximum atomic E-state index is 11.3. The lowest BCUT2D eigenvalue weighted by Gasteiger charge is -2.06. The Morgan fingerprint density at radius 3 is 2.76 bits per heavy atom. The van der Waals surface area contributed by atoms with Gasteiger partial charge in [-0.25, -0.2) is 4.98 Å². The molecule has 0 unspecified atom stereocenters. The molecule has 0 saturated carbocycles. The van der Waals surface area contributed by atoms with Crippen molar-refractivity contribution in [1.29, 1.82) is 0 Å². The van der Waals surface area contributed by atoms with E-state index >= 15 is 0 Å². The number of nitrogens with zero attached hydrogens (tertiary/aromatic N) is 1. The van der Waals surface area contributed by atoms with E-state index < -0.39 is 0 Å². The molecule has 1 rings (SSSR count). The molecular formula is C13H20N2O2. The highest BCUT2D eigenvalue weighted by Gasteiger charge is 2.01. The number of unbranched alkanes of at least 4 members (excludes halogenated alkanes) is 1. The van der Waals surface area contributed by atoms with Crippen molar-refractivity contribution in [2.75, 3.05) is 11.9 Å². The largest absolute Gasteiger partial charge is 0.478 e. The summed E-state index contributed by atoms with van der Waals surface area (Å²) < 4.78 is 5.43. The number of carbonyl (C=O) groups is 1. The van der Waals surface area contributed by atoms with Crippen LogP contribution in [0.15, 0.2) is 18.3 Å². The Morgan fingerprint density at radius 1 is 1.35 bits per heavy atom. The Morgan fingerprint density at radius 2 is 2.18 bits per heavy atom. The number of ether oxygens (including phenoxy) is 1. The Labute approximate surface area is 102 Å². The highest BCUT2D eigenvalue weighted by Crippen LogP contribution is 2.12. The second-order valence-corrected chi connectivity index (χ2v) is 3.89. The Kier molecular flexibility index (Phi) is 6.07. The van der Waals surface area contributed by atoms with Crippen molar-refractivity contribution in [2.24, 2.45) is 0 Å². The number of carbonyl (C=O) groups excluding carboxylic acids is 1. The van der Waals surface area contributed by atoms with Crippen LogP contribution in [0.1, 0.15) is 39.5 Å². The van der Waals surface area contributed by atoms with Gasteiger partial charge >= 0.3 is 0 Å². The first-order chi connectivity index (χ1) is 8.26. The molecule has 0 aliphatic heterocycles. The van der Waals surface area contributed by atoms with Gasteiger partial charge in [-0.15, -0.1) is 0 Å². The average Bonchev–Trinajstić information content (AvgIpc) is 2.32. The molecule has 4 nitrogen and oxygen atoms in total. The zero-order valence-corrected chi connectivity index (χ0v) is 10.5. The second-order valence-electron chi connectivity index (χ2n) is 3.89. The van der Waals surface area contributed by atoms with E-state index in [1.54, 1.807) is 12.3 Å². The summed E-state index contributed by atoms with van der Waals surface area (Å²) in [6, 6.07) is 3.58. The molecule has 0 bridgehead atoms. The second kappa shape index (κ2) is 7.65. The quantitative estimate of drug-likeness (QED) is 0.740. The molecule has 0 aromatic carbocycles. The van der Waals surface area contributed by atoms with Crippen LogP contribution >= 0.6 is 0 Å². The lowest BCUT2D eigenvalue weighted by atomic mass is 10.3. The predicted octanol–water partition coefficient (Wildman–Crippen LogP) is 3.00. The van der Waals surface area contributed by atoms with E-state index in [-0.39, 0.29) is 5.91 Å². The highest BCUT2D eigenvalue weighted by atomic mass is 16.5. The summed E-state index contributed by atoms with van der Waals surface area (Å²) >= 11 is 0. The molecule has 0 radical (unpaired) electrons. The lowest BCUT2D eigenvalue weighted by molar-refractivity contribution is -0.116. The fraction of sp³-hybridized carbons (Fsp3) is 0.538. The summed E-state index contributed by atoms with van der Waals surface area (Å²) in [6.45, 7) is 4.77. The van der Waals surface area contributed by atoms with Gasteiger partial charge in [0.1, 0.15) is 0 Å². The monoisotopic (exact) mass is 236 g/mol. The smallest absolute Gasteiger partial charge is 0.224 e. The highest BCUT2D eigenvalue weighted by molar-refractivity contribution is 5.90. The van der Waals surface area contributed by atoms with Crippen LogP contribution in [0.25, 0.3) is 0 Å². The molecule has 0 aliphatic rings. The molecule has 0 spiro atoms. The molecule has 1 aromatic rings. The third kappa shape index (κ3) is 5.33. The molecule has 1 N–H and O–H groups in total. The zero-order chi connectivity index (χ0) is 12.5. The number of anilines is 1. The molecular weight excluding hydrogens is 216 g/mol. The summed E-state index contributed by atoms with van der Waals surface area (Å²) in [5, 5.41) is 2.78. The number of nitrogens with one attached hydrogen (secondary N) is 1. The fourth-order valence-electron chi connectivity index (χ4n) is 1.31. The first-order valence-corrected chi connectivity index (χ1v) is 6.15. The maximum Gasteiger partial charge on any atom is 0.224 e. The van der Waals surface area contributed by atoms with E-state index in [1.165, 1.54) is 0 Å². The van der Waals surface area contributed by atoms with Gasteiger partial charge in [-0.3, -0.25) is 4.79 Å². The van der Waals surface area contributed by atoms with Crippen molar-refractivity contribution in [3.63, 3.8) is 0 Å². The molecule has 4 heteroatoms. The summed E-state index contributed by atoms with van der Waals surface area (Å²) in [5.74, 6) is 0.626. The first-order valence-electron chi connectivity index (χ1n) is 6.15. The van der Waals surface area contributed by atoms with Crippen LogP contribution in [0, 0.1) is 0 Å². The van der Waals surface area contributed by atoms with Gasteiger partial charge < -0.3 is 10.1 Å². The van der Waals surface area contributed by atoms with Gasteiger partial charge in [0.25, 0.3) is 0 Å². The van der Waals surface area contributed by atoms with E-state index in [0.717, 1.165) is 19.3 Å². The number of aromatic nitrogens is 1. The number of pyridine rings is 1. The van der Waals surface area contributed by atoms with Crippen LogP contribution in [0.3, 0.4) is 0 Å². The molecule has 94 valence electrons. The van der Waals surface area contributed by atoms with E-state index in [4.69, 9.17) is 4.74 Å². The minimum Gasteiger partial charge on any atom is -0.478 e. The maximum absolute atomic E-state index is 11.3. The van der Waals surface area contributed by atoms with Crippen molar-refractivity contribution >= 4 is 11.6 Å². The summed E-state index contributed by atoms with van der Waals surface area (Å²) in [7, 11) is 0. The van der Waals surface area contributed by atoms with Crippen LogP contribution in [0.2, 0.25) is 0 Å². The van der Waals surface area contributed by atoms with Crippen LogP contribution in [0.5, 0.6) is 5.88 Å². The predicted molar refractivity (Wildman–Crippen MR) is 68.2 cm³/mol. The molecule has 1 amide bonds. The van der Waals surface area contributed by atoms with Crippen molar-refractivity contribution in [1.82, 2.24) is 4.98 Å². The number of hydrogen-bond donors (Lipinski definition) is 1. The SMILES string of the molecule is CCCCOc1ccc(NC(=O)CCC)cn1. The average molecular weight is 236 g/mol. The molecule has 17 heavy (non-hydrogen) atoms. The minimum absolute atomic E-state index is 0.0222. The Hall–Kier alpha value is -1.58. The van der Waals surface area contributed by atoms with Crippen molar-refractivity contribution in [3.8, 4) is 5.88 Å². The van der Waals surface area contributed by atoms with Gasteiger partial charge in [-0.2, -0.15) is 0 Å². The third-order valence-electron chi connectivity index (χ3n) is 2.24. The number of rotatable bonds is 7. The van der Waals surface area contributed by atoms with Gasteiger partial charge in [0, 0.05) is 12.5 Å². The van der Waals surface area contributed by atoms with Gasteiger partial charge in [0.2, 0.25) is 11.8 Å². The van der Waals surface area contributed by atoms with Crippen LogP contribution in [-0.2, 0) is 4.79 Å². The zero-order valence-electron chi connectivity index (χ0n) is 10.5. The number of hydrogen-bond acceptors (Lipinski definition) is 3. The van der Waals surface area contributed by atoms with E-state index in [2.05, 4.69) is 17.2 Å². The van der Waals surface area contributed by atoms with Crippen LogP contribution in [0.4, 0.5) is 5.69 Å². The summed E-state index contributed by atoms with van der Waals surface area (Å²) in [6.07, 6.45) is 5.13. The molecule has 0 saturated heterocycles. The van der Waals surface area contributed by atoms with Gasteiger partial charge in [0.15, 0.2) is 0 Å². The van der Waals surface area contributed by atoms with Crippen molar-refractivity contribution in [3.05, 3.63) is 18.3 Å². The summed E-state index contributed by atoms with van der Waals surface area (Å²) in [4.78, 5) is 15.5. The standard InChI is InChI=1S/C13H20N2O2/c1-3-5-9-17-13-8-7-11(10-14-13)15-12(16)6-4-2/h7-8,10H,3-6,9H2,1-2H3,(H,15,16). The lowest BCUT2D eigenvalue weighted by Crippen LogP contribution is -2.10. The van der Waals surface area contributed by atoms with Crippen molar-refractivity contribution < 1.29 is 9.53 Å².